The monoisotopic (exact) mass is 531 g/mol. The van der Waals surface area contributed by atoms with Gasteiger partial charge in [-0.3, -0.25) is 14.4 Å². The normalized spacial score (nSPS) is 13.2. The van der Waals surface area contributed by atoms with E-state index in [0.717, 1.165) is 11.6 Å². The molecule has 0 aliphatic rings. The summed E-state index contributed by atoms with van der Waals surface area (Å²) in [6.07, 6.45) is -1.59. The van der Waals surface area contributed by atoms with E-state index in [1.807, 2.05) is 6.92 Å². The van der Waals surface area contributed by atoms with Crippen molar-refractivity contribution in [2.45, 2.75) is 39.3 Å². The Hall–Kier alpha value is -3.54. The Balaban J connectivity index is 2.24. The van der Waals surface area contributed by atoms with Gasteiger partial charge in [0.2, 0.25) is 17.7 Å². The highest BCUT2D eigenvalue weighted by Crippen LogP contribution is 2.23. The third-order valence-electron chi connectivity index (χ3n) is 5.90. The molecule has 7 N–H and O–H groups in total. The smallest absolute Gasteiger partial charge is 0.250 e. The van der Waals surface area contributed by atoms with Crippen LogP contribution in [-0.2, 0) is 14.4 Å². The second-order valence-corrected chi connectivity index (χ2v) is 8.97. The Kier molecular flexibility index (Phi) is 12.1. The molecule has 11 heteroatoms. The molecule has 0 heterocycles. The van der Waals surface area contributed by atoms with Crippen LogP contribution in [0.15, 0.2) is 42.5 Å². The molecule has 38 heavy (non-hydrogen) atoms. The number of nitrogens with two attached hydrogens (primary N) is 2. The second-order valence-electron chi connectivity index (χ2n) is 8.97. The molecule has 0 fully saturated rings. The highest BCUT2D eigenvalue weighted by atomic mass is 19.1. The number of carbonyl (C=O) groups is 3. The van der Waals surface area contributed by atoms with Crippen molar-refractivity contribution in [1.82, 2.24) is 10.2 Å². The van der Waals surface area contributed by atoms with E-state index in [4.69, 9.17) is 16.2 Å². The van der Waals surface area contributed by atoms with Gasteiger partial charge in [0, 0.05) is 44.6 Å². The van der Waals surface area contributed by atoms with Crippen LogP contribution in [0.4, 0.5) is 10.1 Å². The van der Waals surface area contributed by atoms with E-state index in [-0.39, 0.29) is 31.1 Å². The molecule has 0 spiro atoms. The van der Waals surface area contributed by atoms with Gasteiger partial charge in [0.1, 0.15) is 23.7 Å². The number of halogens is 1. The summed E-state index contributed by atoms with van der Waals surface area (Å²) in [7, 11) is 0. The van der Waals surface area contributed by atoms with E-state index in [1.165, 1.54) is 24.0 Å². The molecule has 2 rings (SSSR count). The van der Waals surface area contributed by atoms with E-state index in [9.17, 15) is 23.9 Å². The van der Waals surface area contributed by atoms with E-state index >= 15 is 0 Å². The minimum absolute atomic E-state index is 0.142. The molecule has 0 radical (unpaired) electrons. The summed E-state index contributed by atoms with van der Waals surface area (Å²) < 4.78 is 19.9. The number of nitrogens with zero attached hydrogens (tertiary/aromatic N) is 1. The Morgan fingerprint density at radius 2 is 1.68 bits per heavy atom. The van der Waals surface area contributed by atoms with Gasteiger partial charge in [0.25, 0.3) is 0 Å². The Morgan fingerprint density at radius 1 is 1.05 bits per heavy atom. The molecule has 0 aliphatic carbocycles. The number of anilines is 1. The summed E-state index contributed by atoms with van der Waals surface area (Å²) in [6, 6.07) is 9.26. The average molecular weight is 532 g/mol. The molecule has 0 aromatic heterocycles. The van der Waals surface area contributed by atoms with E-state index < -0.39 is 35.7 Å². The van der Waals surface area contributed by atoms with Gasteiger partial charge in [-0.15, -0.1) is 0 Å². The first-order chi connectivity index (χ1) is 18.1. The Labute approximate surface area is 222 Å². The predicted octanol–water partition coefficient (Wildman–Crippen LogP) is 1.46. The fourth-order valence-corrected chi connectivity index (χ4v) is 3.76. The number of amides is 3. The molecule has 10 nitrogen and oxygen atoms in total. The molecule has 2 aromatic carbocycles. The fourth-order valence-electron chi connectivity index (χ4n) is 3.76. The van der Waals surface area contributed by atoms with Crippen LogP contribution in [0.1, 0.15) is 37.5 Å². The number of hydrogen-bond donors (Lipinski definition) is 5. The topological polar surface area (TPSA) is 160 Å². The van der Waals surface area contributed by atoms with Crippen molar-refractivity contribution in [3.63, 3.8) is 0 Å². The first-order valence-electron chi connectivity index (χ1n) is 12.6. The first-order valence-corrected chi connectivity index (χ1v) is 12.6. The van der Waals surface area contributed by atoms with Gasteiger partial charge >= 0.3 is 0 Å². The summed E-state index contributed by atoms with van der Waals surface area (Å²) in [5.41, 5.74) is 12.3. The van der Waals surface area contributed by atoms with Crippen LogP contribution in [0, 0.1) is 18.7 Å². The number of hydrogen-bond acceptors (Lipinski definition) is 7. The fraction of sp³-hybridized carbons (Fsp3) is 0.444. The Bertz CT molecular complexity index is 1080. The molecule has 0 saturated carbocycles. The molecule has 0 saturated heterocycles. The maximum Gasteiger partial charge on any atom is 0.250 e. The van der Waals surface area contributed by atoms with Crippen LogP contribution in [-0.4, -0.2) is 66.6 Å². The van der Waals surface area contributed by atoms with E-state index in [2.05, 4.69) is 10.6 Å². The third kappa shape index (κ3) is 8.79. The zero-order valence-electron chi connectivity index (χ0n) is 22.1. The molecule has 208 valence electrons. The van der Waals surface area contributed by atoms with Crippen LogP contribution in [0.3, 0.4) is 0 Å². The van der Waals surface area contributed by atoms with Crippen molar-refractivity contribution in [2.24, 2.45) is 17.4 Å². The average Bonchev–Trinajstić information content (AvgIpc) is 2.88. The van der Waals surface area contributed by atoms with Gasteiger partial charge in [-0.25, -0.2) is 4.39 Å². The number of aliphatic hydroxyl groups excluding tert-OH is 1. The zero-order valence-corrected chi connectivity index (χ0v) is 22.1. The lowest BCUT2D eigenvalue weighted by molar-refractivity contribution is -0.137. The quantitative estimate of drug-likeness (QED) is 0.247. The number of aliphatic hydroxyl groups is 1. The molecule has 2 aromatic rings. The molecule has 3 unspecified atom stereocenters. The summed E-state index contributed by atoms with van der Waals surface area (Å²) in [5, 5.41) is 16.0. The summed E-state index contributed by atoms with van der Waals surface area (Å²) in [5.74, 6) is -3.04. The Morgan fingerprint density at radius 3 is 2.24 bits per heavy atom. The van der Waals surface area contributed by atoms with Crippen molar-refractivity contribution < 1.29 is 28.6 Å². The number of nitrogens with one attached hydrogen (secondary N) is 2. The van der Waals surface area contributed by atoms with Crippen molar-refractivity contribution in [3.05, 3.63) is 59.4 Å². The minimum Gasteiger partial charge on any atom is -0.494 e. The van der Waals surface area contributed by atoms with Gasteiger partial charge < -0.3 is 36.8 Å². The van der Waals surface area contributed by atoms with Crippen LogP contribution in [0.2, 0.25) is 0 Å². The highest BCUT2D eigenvalue weighted by molar-refractivity contribution is 5.98. The molecule has 0 bridgehead atoms. The summed E-state index contributed by atoms with van der Waals surface area (Å²) in [4.78, 5) is 40.4. The van der Waals surface area contributed by atoms with E-state index in [0.29, 0.717) is 31.0 Å². The van der Waals surface area contributed by atoms with Gasteiger partial charge in [0.05, 0.1) is 12.3 Å². The standard InChI is InChI=1S/C27H38FN5O5/c1-4-38-20-9-10-22(21(28)16-20)31-27(37)24(25(35)19-7-5-17(2)6-8-19)32-26(36)18(3)15-23(34)33(13-11-29)14-12-30/h5-10,16,18,24-25,35H,4,11-15,29-30H2,1-3H3,(H,31,37)(H,32,36). The van der Waals surface area contributed by atoms with Crippen molar-refractivity contribution in [2.75, 3.05) is 38.1 Å². The number of rotatable bonds is 14. The van der Waals surface area contributed by atoms with Crippen LogP contribution in [0.25, 0.3) is 0 Å². The van der Waals surface area contributed by atoms with Crippen molar-refractivity contribution in [3.8, 4) is 5.75 Å². The van der Waals surface area contributed by atoms with Crippen molar-refractivity contribution in [1.29, 1.82) is 0 Å². The number of benzene rings is 2. The lowest BCUT2D eigenvalue weighted by atomic mass is 9.98. The highest BCUT2D eigenvalue weighted by Gasteiger charge is 2.32. The molecular weight excluding hydrogens is 493 g/mol. The van der Waals surface area contributed by atoms with E-state index in [1.54, 1.807) is 31.2 Å². The largest absolute Gasteiger partial charge is 0.494 e. The number of carbonyl (C=O) groups excluding carboxylic acids is 3. The molecule has 3 amide bonds. The van der Waals surface area contributed by atoms with Crippen LogP contribution in [0.5, 0.6) is 5.75 Å². The minimum atomic E-state index is -1.47. The predicted molar refractivity (Wildman–Crippen MR) is 143 cm³/mol. The first kappa shape index (κ1) is 30.7. The van der Waals surface area contributed by atoms with Gasteiger partial charge in [-0.1, -0.05) is 36.8 Å². The van der Waals surface area contributed by atoms with Gasteiger partial charge in [-0.05, 0) is 31.5 Å². The van der Waals surface area contributed by atoms with Crippen LogP contribution >= 0.6 is 0 Å². The number of ether oxygens (including phenoxy) is 1. The zero-order chi connectivity index (χ0) is 28.2. The lowest BCUT2D eigenvalue weighted by Crippen LogP contribution is -2.50. The van der Waals surface area contributed by atoms with Gasteiger partial charge in [0.15, 0.2) is 0 Å². The summed E-state index contributed by atoms with van der Waals surface area (Å²) >= 11 is 0. The molecule has 0 aliphatic heterocycles. The molecular formula is C27H38FN5O5. The summed E-state index contributed by atoms with van der Waals surface area (Å²) in [6.45, 7) is 6.61. The number of aryl methyl sites for hydroxylation is 1. The third-order valence-corrected chi connectivity index (χ3v) is 5.90. The van der Waals surface area contributed by atoms with Crippen molar-refractivity contribution >= 4 is 23.4 Å². The maximum absolute atomic E-state index is 14.6. The molecule has 3 atom stereocenters. The SMILES string of the molecule is CCOc1ccc(NC(=O)C(NC(=O)C(C)CC(=O)N(CCN)CCN)C(O)c2ccc(C)cc2)c(F)c1. The second kappa shape index (κ2) is 15.0. The van der Waals surface area contributed by atoms with Crippen LogP contribution < -0.4 is 26.8 Å². The lowest BCUT2D eigenvalue weighted by Gasteiger charge is -2.26. The maximum atomic E-state index is 14.6. The van der Waals surface area contributed by atoms with Gasteiger partial charge in [-0.2, -0.15) is 0 Å².